The quantitative estimate of drug-likeness (QED) is 0.363. The van der Waals surface area contributed by atoms with E-state index in [1.807, 2.05) is 42.5 Å². The lowest BCUT2D eigenvalue weighted by atomic mass is 10.2. The fourth-order valence-corrected chi connectivity index (χ4v) is 5.51. The van der Waals surface area contributed by atoms with Crippen LogP contribution in [0.25, 0.3) is 10.9 Å². The molecule has 33 heavy (non-hydrogen) atoms. The molecule has 0 spiro atoms. The fraction of sp³-hybridized carbons (Fsp3) is 0.160. The van der Waals surface area contributed by atoms with E-state index in [1.54, 1.807) is 42.6 Å². The van der Waals surface area contributed by atoms with Gasteiger partial charge in [0.2, 0.25) is 10.0 Å². The third-order valence-electron chi connectivity index (χ3n) is 5.52. The average molecular weight is 481 g/mol. The number of hydrogen-bond donors (Lipinski definition) is 0. The topological polar surface area (TPSA) is 68.7 Å². The highest BCUT2D eigenvalue weighted by Crippen LogP contribution is 2.31. The first-order valence-corrected chi connectivity index (χ1v) is 12.4. The Morgan fingerprint density at radius 3 is 2.48 bits per heavy atom. The van der Waals surface area contributed by atoms with Crippen molar-refractivity contribution in [2.75, 3.05) is 13.1 Å². The number of pyridine rings is 1. The van der Waals surface area contributed by atoms with Gasteiger partial charge < -0.3 is 9.47 Å². The third-order valence-corrected chi connectivity index (χ3v) is 7.71. The largest absolute Gasteiger partial charge is 0.487 e. The van der Waals surface area contributed by atoms with E-state index in [0.29, 0.717) is 35.2 Å². The minimum atomic E-state index is -3.65. The Labute approximate surface area is 197 Å². The van der Waals surface area contributed by atoms with Gasteiger partial charge in [0, 0.05) is 18.1 Å². The van der Waals surface area contributed by atoms with Crippen molar-refractivity contribution in [3.05, 3.63) is 90.1 Å². The van der Waals surface area contributed by atoms with Gasteiger partial charge in [-0.2, -0.15) is 4.31 Å². The van der Waals surface area contributed by atoms with Gasteiger partial charge in [-0.15, -0.1) is 0 Å². The summed E-state index contributed by atoms with van der Waals surface area (Å²) in [4.78, 5) is 4.61. The Morgan fingerprint density at radius 2 is 1.67 bits per heavy atom. The Kier molecular flexibility index (Phi) is 5.93. The van der Waals surface area contributed by atoms with Gasteiger partial charge in [-0.1, -0.05) is 41.9 Å². The first kappa shape index (κ1) is 21.7. The molecule has 0 amide bonds. The van der Waals surface area contributed by atoms with Crippen LogP contribution in [0.3, 0.4) is 0 Å². The van der Waals surface area contributed by atoms with Gasteiger partial charge >= 0.3 is 0 Å². The van der Waals surface area contributed by atoms with E-state index in [-0.39, 0.29) is 17.5 Å². The van der Waals surface area contributed by atoms with Crippen LogP contribution in [0.1, 0.15) is 6.42 Å². The zero-order chi connectivity index (χ0) is 22.8. The minimum absolute atomic E-state index is 0.210. The zero-order valence-corrected chi connectivity index (χ0v) is 19.2. The lowest BCUT2D eigenvalue weighted by Crippen LogP contribution is -2.31. The molecule has 0 N–H and O–H groups in total. The molecule has 1 saturated heterocycles. The molecule has 3 aromatic carbocycles. The Bertz CT molecular complexity index is 1390. The number of hydrogen-bond acceptors (Lipinski definition) is 5. The molecule has 168 valence electrons. The monoisotopic (exact) mass is 480 g/mol. The van der Waals surface area contributed by atoms with E-state index in [2.05, 4.69) is 4.98 Å². The van der Waals surface area contributed by atoms with E-state index in [0.717, 1.165) is 10.9 Å². The molecule has 1 aliphatic heterocycles. The van der Waals surface area contributed by atoms with Gasteiger partial charge in [-0.05, 0) is 55.0 Å². The Balaban J connectivity index is 1.28. The number of ether oxygens (including phenoxy) is 2. The maximum atomic E-state index is 13.2. The van der Waals surface area contributed by atoms with Gasteiger partial charge in [0.05, 0.1) is 16.5 Å². The molecular formula is C25H21ClN2O4S. The minimum Gasteiger partial charge on any atom is -0.487 e. The second-order valence-electron chi connectivity index (χ2n) is 7.73. The van der Waals surface area contributed by atoms with Crippen molar-refractivity contribution in [2.24, 2.45) is 0 Å². The molecule has 1 aromatic heterocycles. The molecular weight excluding hydrogens is 460 g/mol. The number of rotatable bonds is 6. The SMILES string of the molecule is O=S(=O)(c1ccc(Oc2ccccc2Cl)cc1)N1CCC(Oc2cccc3cccnc23)C1. The highest BCUT2D eigenvalue weighted by molar-refractivity contribution is 7.89. The number of nitrogens with zero attached hydrogens (tertiary/aromatic N) is 2. The predicted molar refractivity (Wildman–Crippen MR) is 128 cm³/mol. The molecule has 2 heterocycles. The maximum Gasteiger partial charge on any atom is 0.243 e. The number of halogens is 1. The van der Waals surface area contributed by atoms with E-state index in [9.17, 15) is 8.42 Å². The summed E-state index contributed by atoms with van der Waals surface area (Å²) in [6.07, 6.45) is 2.09. The number of sulfonamides is 1. The first-order chi connectivity index (χ1) is 16.0. The molecule has 8 heteroatoms. The summed E-state index contributed by atoms with van der Waals surface area (Å²) in [5.74, 6) is 1.68. The molecule has 6 nitrogen and oxygen atoms in total. The van der Waals surface area contributed by atoms with Crippen LogP contribution in [0.2, 0.25) is 5.02 Å². The lowest BCUT2D eigenvalue weighted by molar-refractivity contribution is 0.218. The molecule has 1 atom stereocenters. The molecule has 1 aliphatic rings. The summed E-state index contributed by atoms with van der Waals surface area (Å²) < 4.78 is 39.7. The van der Waals surface area contributed by atoms with Crippen LogP contribution in [0, 0.1) is 0 Å². The highest BCUT2D eigenvalue weighted by atomic mass is 35.5. The molecule has 5 rings (SSSR count). The summed E-state index contributed by atoms with van der Waals surface area (Å²) in [6, 6.07) is 23.1. The van der Waals surface area contributed by atoms with E-state index in [4.69, 9.17) is 21.1 Å². The average Bonchev–Trinajstić information content (AvgIpc) is 3.31. The standard InChI is InChI=1S/C25H21ClN2O4S/c26-22-7-1-2-8-23(22)31-19-10-12-21(13-11-19)33(29,30)28-16-14-20(17-28)32-24-9-3-5-18-6-4-15-27-25(18)24/h1-13,15,20H,14,16-17H2. The number of fused-ring (bicyclic) bond motifs is 1. The second kappa shape index (κ2) is 9.02. The van der Waals surface area contributed by atoms with Gasteiger partial charge in [0.25, 0.3) is 0 Å². The van der Waals surface area contributed by atoms with Crippen molar-refractivity contribution in [1.82, 2.24) is 9.29 Å². The van der Waals surface area contributed by atoms with Crippen molar-refractivity contribution < 1.29 is 17.9 Å². The van der Waals surface area contributed by atoms with Crippen molar-refractivity contribution >= 4 is 32.5 Å². The Morgan fingerprint density at radius 1 is 0.909 bits per heavy atom. The van der Waals surface area contributed by atoms with Gasteiger partial charge in [0.1, 0.15) is 28.9 Å². The first-order valence-electron chi connectivity index (χ1n) is 10.5. The number of benzene rings is 3. The molecule has 0 radical (unpaired) electrons. The van der Waals surface area contributed by atoms with Crippen LogP contribution >= 0.6 is 11.6 Å². The third kappa shape index (κ3) is 4.53. The number of para-hydroxylation sites is 2. The van der Waals surface area contributed by atoms with E-state index >= 15 is 0 Å². The van der Waals surface area contributed by atoms with Crippen molar-refractivity contribution in [3.8, 4) is 17.2 Å². The summed E-state index contributed by atoms with van der Waals surface area (Å²) in [6.45, 7) is 0.673. The smallest absolute Gasteiger partial charge is 0.243 e. The van der Waals surface area contributed by atoms with E-state index in [1.165, 1.54) is 4.31 Å². The van der Waals surface area contributed by atoms with Gasteiger partial charge in [-0.25, -0.2) is 8.42 Å². The number of aromatic nitrogens is 1. The molecule has 0 bridgehead atoms. The summed E-state index contributed by atoms with van der Waals surface area (Å²) in [7, 11) is -3.65. The fourth-order valence-electron chi connectivity index (χ4n) is 3.85. The lowest BCUT2D eigenvalue weighted by Gasteiger charge is -2.18. The van der Waals surface area contributed by atoms with Crippen LogP contribution in [-0.2, 0) is 10.0 Å². The van der Waals surface area contributed by atoms with E-state index < -0.39 is 10.0 Å². The zero-order valence-electron chi connectivity index (χ0n) is 17.6. The van der Waals surface area contributed by atoms with Crippen LogP contribution in [0.15, 0.2) is 90.0 Å². The van der Waals surface area contributed by atoms with Crippen molar-refractivity contribution in [2.45, 2.75) is 17.4 Å². The summed E-state index contributed by atoms with van der Waals surface area (Å²) in [5.41, 5.74) is 0.774. The molecule has 1 unspecified atom stereocenters. The summed E-state index contributed by atoms with van der Waals surface area (Å²) >= 11 is 6.12. The predicted octanol–water partition coefficient (Wildman–Crippen LogP) is 5.52. The molecule has 1 fully saturated rings. The van der Waals surface area contributed by atoms with Gasteiger partial charge in [-0.3, -0.25) is 4.98 Å². The maximum absolute atomic E-state index is 13.2. The van der Waals surface area contributed by atoms with Crippen molar-refractivity contribution in [3.63, 3.8) is 0 Å². The van der Waals surface area contributed by atoms with Crippen LogP contribution in [0.4, 0.5) is 0 Å². The molecule has 0 aliphatic carbocycles. The van der Waals surface area contributed by atoms with Crippen LogP contribution in [0.5, 0.6) is 17.2 Å². The summed E-state index contributed by atoms with van der Waals surface area (Å²) in [5, 5.41) is 1.47. The van der Waals surface area contributed by atoms with Gasteiger partial charge in [0.15, 0.2) is 0 Å². The van der Waals surface area contributed by atoms with Crippen molar-refractivity contribution in [1.29, 1.82) is 0 Å². The normalized spacial score (nSPS) is 16.7. The Hall–Kier alpha value is -3.13. The highest BCUT2D eigenvalue weighted by Gasteiger charge is 2.34. The molecule has 0 saturated carbocycles. The van der Waals surface area contributed by atoms with Crippen LogP contribution in [-0.4, -0.2) is 36.9 Å². The molecule has 4 aromatic rings. The van der Waals surface area contributed by atoms with Crippen LogP contribution < -0.4 is 9.47 Å². The second-order valence-corrected chi connectivity index (χ2v) is 10.1.